The van der Waals surface area contributed by atoms with Gasteiger partial charge >= 0.3 is 0 Å². The fraction of sp³-hybridized carbons (Fsp3) is 1.00. The van der Waals surface area contributed by atoms with E-state index in [1.807, 2.05) is 0 Å². The van der Waals surface area contributed by atoms with Crippen LogP contribution >= 0.6 is 11.1 Å². The van der Waals surface area contributed by atoms with Gasteiger partial charge in [0, 0.05) is 0 Å². The lowest BCUT2D eigenvalue weighted by Crippen LogP contribution is -2.04. The summed E-state index contributed by atoms with van der Waals surface area (Å²) in [7, 11) is -0.440. The molecule has 0 nitrogen and oxygen atoms in total. The second-order valence-electron chi connectivity index (χ2n) is 2.57. The van der Waals surface area contributed by atoms with Crippen LogP contribution in [-0.2, 0) is 0 Å². The Morgan fingerprint density at radius 2 is 1.88 bits per heavy atom. The summed E-state index contributed by atoms with van der Waals surface area (Å²) in [4.78, 5) is 0. The van der Waals surface area contributed by atoms with Crippen LogP contribution in [0.15, 0.2) is 0 Å². The molecule has 0 aromatic heterocycles. The molecule has 1 aliphatic rings. The highest BCUT2D eigenvalue weighted by Crippen LogP contribution is 2.33. The minimum atomic E-state index is -0.440. The Morgan fingerprint density at radius 1 is 1.38 bits per heavy atom. The minimum Gasteiger partial charge on any atom is -0.169 e. The van der Waals surface area contributed by atoms with E-state index in [-0.39, 0.29) is 0 Å². The Kier molecular flexibility index (Phi) is 2.38. The fourth-order valence-corrected chi connectivity index (χ4v) is 3.18. The second-order valence-corrected chi connectivity index (χ2v) is 6.35. The van der Waals surface area contributed by atoms with Crippen LogP contribution < -0.4 is 0 Å². The summed E-state index contributed by atoms with van der Waals surface area (Å²) in [6.07, 6.45) is 5.68. The lowest BCUT2D eigenvalue weighted by atomic mass is 10.4. The van der Waals surface area contributed by atoms with E-state index in [1.54, 1.807) is 0 Å². The Balaban J connectivity index is 2.24. The largest absolute Gasteiger partial charge is 0.169 e. The average molecular weight is 148 g/mol. The summed E-state index contributed by atoms with van der Waals surface area (Å²) in [5, 5.41) is 0. The van der Waals surface area contributed by atoms with Gasteiger partial charge in [0.15, 0.2) is 8.11 Å². The molecule has 0 saturated heterocycles. The molecule has 8 heavy (non-hydrogen) atoms. The van der Waals surface area contributed by atoms with E-state index < -0.39 is 8.11 Å². The predicted octanol–water partition coefficient (Wildman–Crippen LogP) is 2.79. The molecule has 0 heterocycles. The van der Waals surface area contributed by atoms with E-state index in [4.69, 9.17) is 11.1 Å². The standard InChI is InChI=1S/C6H12ClSi/c1-8(7)6-4-2-3-5-6/h6H,2-5H2,1H3. The molecule has 1 saturated carbocycles. The van der Waals surface area contributed by atoms with Crippen LogP contribution in [0.25, 0.3) is 0 Å². The number of hydrogen-bond acceptors (Lipinski definition) is 0. The first-order chi connectivity index (χ1) is 3.80. The first-order valence-corrected chi connectivity index (χ1v) is 6.38. The molecule has 0 aromatic rings. The molecule has 0 amide bonds. The lowest BCUT2D eigenvalue weighted by Gasteiger charge is -2.06. The van der Waals surface area contributed by atoms with Crippen LogP contribution in [0.2, 0.25) is 12.1 Å². The van der Waals surface area contributed by atoms with Gasteiger partial charge in [0.1, 0.15) is 0 Å². The van der Waals surface area contributed by atoms with Crippen LogP contribution in [0, 0.1) is 0 Å². The van der Waals surface area contributed by atoms with E-state index in [0.29, 0.717) is 0 Å². The summed E-state index contributed by atoms with van der Waals surface area (Å²) in [5.41, 5.74) is 0.932. The molecule has 1 radical (unpaired) electrons. The normalized spacial score (nSPS) is 22.9. The topological polar surface area (TPSA) is 0 Å². The van der Waals surface area contributed by atoms with Crippen molar-refractivity contribution in [3.8, 4) is 0 Å². The Bertz CT molecular complexity index is 66.9. The van der Waals surface area contributed by atoms with Crippen LogP contribution in [0.4, 0.5) is 0 Å². The number of rotatable bonds is 1. The molecule has 1 rings (SSSR count). The summed E-state index contributed by atoms with van der Waals surface area (Å²) in [6.45, 7) is 2.21. The quantitative estimate of drug-likeness (QED) is 0.395. The Morgan fingerprint density at radius 3 is 2.12 bits per heavy atom. The van der Waals surface area contributed by atoms with E-state index >= 15 is 0 Å². The molecule has 47 valence electrons. The zero-order valence-corrected chi connectivity index (χ0v) is 7.04. The molecule has 0 N–H and O–H groups in total. The van der Waals surface area contributed by atoms with Crippen molar-refractivity contribution in [2.75, 3.05) is 0 Å². The molecule has 0 aromatic carbocycles. The third kappa shape index (κ3) is 1.49. The van der Waals surface area contributed by atoms with Crippen molar-refractivity contribution in [2.45, 2.75) is 37.8 Å². The Labute approximate surface area is 57.5 Å². The molecule has 0 spiro atoms. The molecule has 0 bridgehead atoms. The predicted molar refractivity (Wildman–Crippen MR) is 39.7 cm³/mol. The third-order valence-corrected chi connectivity index (χ3v) is 4.55. The fourth-order valence-electron chi connectivity index (χ4n) is 1.32. The first-order valence-electron chi connectivity index (χ1n) is 3.29. The molecular weight excluding hydrogens is 136 g/mol. The summed E-state index contributed by atoms with van der Waals surface area (Å²) < 4.78 is 0. The van der Waals surface area contributed by atoms with E-state index in [0.717, 1.165) is 5.54 Å². The molecule has 0 atom stereocenters. The van der Waals surface area contributed by atoms with Crippen molar-refractivity contribution in [1.29, 1.82) is 0 Å². The maximum Gasteiger partial charge on any atom is 0.165 e. The van der Waals surface area contributed by atoms with Crippen molar-refractivity contribution in [3.63, 3.8) is 0 Å². The van der Waals surface area contributed by atoms with Crippen molar-refractivity contribution in [2.24, 2.45) is 0 Å². The van der Waals surface area contributed by atoms with Gasteiger partial charge in [-0.1, -0.05) is 32.2 Å². The highest BCUT2D eigenvalue weighted by molar-refractivity contribution is 7.07. The SMILES string of the molecule is C[Si](Cl)C1CCCC1. The van der Waals surface area contributed by atoms with Crippen molar-refractivity contribution >= 4 is 19.2 Å². The molecular formula is C6H12ClSi. The van der Waals surface area contributed by atoms with Gasteiger partial charge in [0.2, 0.25) is 0 Å². The highest BCUT2D eigenvalue weighted by Gasteiger charge is 2.20. The van der Waals surface area contributed by atoms with Gasteiger partial charge in [-0.2, -0.15) is 11.1 Å². The van der Waals surface area contributed by atoms with Crippen molar-refractivity contribution < 1.29 is 0 Å². The van der Waals surface area contributed by atoms with Gasteiger partial charge in [0.05, 0.1) is 0 Å². The zero-order chi connectivity index (χ0) is 5.98. The number of hydrogen-bond donors (Lipinski definition) is 0. The second kappa shape index (κ2) is 2.88. The van der Waals surface area contributed by atoms with Gasteiger partial charge in [0.25, 0.3) is 0 Å². The molecule has 0 aliphatic heterocycles. The summed E-state index contributed by atoms with van der Waals surface area (Å²) in [6, 6.07) is 0. The molecule has 2 heteroatoms. The van der Waals surface area contributed by atoms with Gasteiger partial charge < -0.3 is 0 Å². The highest BCUT2D eigenvalue weighted by atomic mass is 35.6. The van der Waals surface area contributed by atoms with Crippen LogP contribution in [0.3, 0.4) is 0 Å². The summed E-state index contributed by atoms with van der Waals surface area (Å²) >= 11 is 5.99. The van der Waals surface area contributed by atoms with Crippen LogP contribution in [0.1, 0.15) is 25.7 Å². The smallest absolute Gasteiger partial charge is 0.165 e. The van der Waals surface area contributed by atoms with Crippen molar-refractivity contribution in [1.82, 2.24) is 0 Å². The first kappa shape index (κ1) is 6.62. The van der Waals surface area contributed by atoms with Gasteiger partial charge in [-0.25, -0.2) is 0 Å². The molecule has 0 unspecified atom stereocenters. The summed E-state index contributed by atoms with van der Waals surface area (Å²) in [5.74, 6) is 0. The maximum absolute atomic E-state index is 5.99. The molecule has 1 aliphatic carbocycles. The van der Waals surface area contributed by atoms with Gasteiger partial charge in [-0.05, 0) is 5.54 Å². The van der Waals surface area contributed by atoms with E-state index in [9.17, 15) is 0 Å². The maximum atomic E-state index is 5.99. The monoisotopic (exact) mass is 147 g/mol. The number of halogens is 1. The average Bonchev–Trinajstić information content (AvgIpc) is 2.12. The van der Waals surface area contributed by atoms with E-state index in [1.165, 1.54) is 25.7 Å². The van der Waals surface area contributed by atoms with Crippen LogP contribution in [0.5, 0.6) is 0 Å². The van der Waals surface area contributed by atoms with Crippen molar-refractivity contribution in [3.05, 3.63) is 0 Å². The van der Waals surface area contributed by atoms with E-state index in [2.05, 4.69) is 6.55 Å². The van der Waals surface area contributed by atoms with Gasteiger partial charge in [-0.3, -0.25) is 0 Å². The van der Waals surface area contributed by atoms with Crippen LogP contribution in [-0.4, -0.2) is 8.11 Å². The lowest BCUT2D eigenvalue weighted by molar-refractivity contribution is 0.865. The minimum absolute atomic E-state index is 0.440. The third-order valence-electron chi connectivity index (χ3n) is 1.92. The zero-order valence-electron chi connectivity index (χ0n) is 5.28. The van der Waals surface area contributed by atoms with Gasteiger partial charge in [-0.15, -0.1) is 0 Å². The Hall–Kier alpha value is 0.507. The molecule has 1 fully saturated rings.